The van der Waals surface area contributed by atoms with Crippen molar-refractivity contribution in [2.75, 3.05) is 4.90 Å². The third-order valence-electron chi connectivity index (χ3n) is 4.71. The molecule has 0 bridgehead atoms. The van der Waals surface area contributed by atoms with Crippen molar-refractivity contribution in [2.45, 2.75) is 6.04 Å². The van der Waals surface area contributed by atoms with Crippen molar-refractivity contribution in [1.29, 1.82) is 0 Å². The molecule has 1 atom stereocenters. The Morgan fingerprint density at radius 2 is 1.39 bits per heavy atom. The molecule has 28 heavy (non-hydrogen) atoms. The van der Waals surface area contributed by atoms with E-state index in [2.05, 4.69) is 0 Å². The second-order valence-corrected chi connectivity index (χ2v) is 6.86. The number of aliphatic hydroxyl groups is 1. The predicted octanol–water partition coefficient (Wildman–Crippen LogP) is 4.97. The lowest BCUT2D eigenvalue weighted by Gasteiger charge is -2.25. The molecule has 0 unspecified atom stereocenters. The first-order valence-corrected chi connectivity index (χ1v) is 9.12. The SMILES string of the molecule is O=C1C(=O)N(c2ccccc2)[C@H](c2ccccc2)C1=C(O)c1ccc(Cl)cc1. The molecule has 1 N–H and O–H groups in total. The predicted molar refractivity (Wildman–Crippen MR) is 109 cm³/mol. The fourth-order valence-corrected chi connectivity index (χ4v) is 3.53. The maximum absolute atomic E-state index is 12.9. The lowest BCUT2D eigenvalue weighted by molar-refractivity contribution is -0.132. The van der Waals surface area contributed by atoms with Crippen LogP contribution >= 0.6 is 11.6 Å². The van der Waals surface area contributed by atoms with Gasteiger partial charge in [-0.2, -0.15) is 0 Å². The smallest absolute Gasteiger partial charge is 0.300 e. The topological polar surface area (TPSA) is 57.6 Å². The van der Waals surface area contributed by atoms with E-state index in [9.17, 15) is 14.7 Å². The number of carbonyl (C=O) groups excluding carboxylic acids is 2. The van der Waals surface area contributed by atoms with E-state index in [1.807, 2.05) is 36.4 Å². The first-order valence-electron chi connectivity index (χ1n) is 8.75. The summed E-state index contributed by atoms with van der Waals surface area (Å²) in [5, 5.41) is 11.4. The standard InChI is InChI=1S/C23H16ClNO3/c24-17-13-11-16(12-14-17)21(26)19-20(15-7-3-1-4-8-15)25(23(28)22(19)27)18-9-5-2-6-10-18/h1-14,20,26H/t20-/m1/s1. The molecule has 1 saturated heterocycles. The number of rotatable bonds is 3. The number of benzene rings is 3. The van der Waals surface area contributed by atoms with Crippen molar-refractivity contribution in [3.05, 3.63) is 107 Å². The van der Waals surface area contributed by atoms with E-state index in [-0.39, 0.29) is 11.3 Å². The van der Waals surface area contributed by atoms with Crippen LogP contribution in [0.25, 0.3) is 5.76 Å². The molecular formula is C23H16ClNO3. The summed E-state index contributed by atoms with van der Waals surface area (Å²) in [5.74, 6) is -1.61. The minimum atomic E-state index is -0.723. The summed E-state index contributed by atoms with van der Waals surface area (Å²) >= 11 is 5.93. The van der Waals surface area contributed by atoms with Gasteiger partial charge in [0, 0.05) is 16.3 Å². The van der Waals surface area contributed by atoms with Gasteiger partial charge < -0.3 is 5.11 Å². The molecule has 3 aromatic rings. The fraction of sp³-hybridized carbons (Fsp3) is 0.0435. The molecule has 3 aromatic carbocycles. The Labute approximate surface area is 167 Å². The van der Waals surface area contributed by atoms with Gasteiger partial charge in [-0.3, -0.25) is 14.5 Å². The number of hydrogen-bond acceptors (Lipinski definition) is 3. The van der Waals surface area contributed by atoms with Gasteiger partial charge in [-0.15, -0.1) is 0 Å². The average Bonchev–Trinajstić information content (AvgIpc) is 3.00. The molecule has 1 amide bonds. The van der Waals surface area contributed by atoms with Gasteiger partial charge in [0.15, 0.2) is 0 Å². The molecule has 1 fully saturated rings. The zero-order chi connectivity index (χ0) is 19.7. The average molecular weight is 390 g/mol. The van der Waals surface area contributed by atoms with E-state index in [1.165, 1.54) is 4.90 Å². The quantitative estimate of drug-likeness (QED) is 0.391. The highest BCUT2D eigenvalue weighted by atomic mass is 35.5. The summed E-state index contributed by atoms with van der Waals surface area (Å²) in [6, 6.07) is 23.9. The van der Waals surface area contributed by atoms with E-state index in [4.69, 9.17) is 11.6 Å². The lowest BCUT2D eigenvalue weighted by Crippen LogP contribution is -2.29. The number of hydrogen-bond donors (Lipinski definition) is 1. The van der Waals surface area contributed by atoms with E-state index >= 15 is 0 Å². The van der Waals surface area contributed by atoms with Crippen molar-refractivity contribution in [2.24, 2.45) is 0 Å². The Hall–Kier alpha value is -3.37. The van der Waals surface area contributed by atoms with Crippen molar-refractivity contribution in [3.8, 4) is 0 Å². The molecule has 4 rings (SSSR count). The number of carbonyl (C=O) groups is 2. The number of anilines is 1. The Balaban J connectivity index is 1.94. The molecule has 1 aliphatic rings. The first kappa shape index (κ1) is 18.0. The van der Waals surface area contributed by atoms with Gasteiger partial charge in [0.2, 0.25) is 0 Å². The molecule has 5 heteroatoms. The van der Waals surface area contributed by atoms with Gasteiger partial charge in [0.05, 0.1) is 11.6 Å². The third-order valence-corrected chi connectivity index (χ3v) is 4.96. The molecule has 0 radical (unpaired) electrons. The summed E-state index contributed by atoms with van der Waals surface area (Å²) < 4.78 is 0. The largest absolute Gasteiger partial charge is 0.507 e. The van der Waals surface area contributed by atoms with Crippen LogP contribution in [0.2, 0.25) is 5.02 Å². The van der Waals surface area contributed by atoms with Gasteiger partial charge >= 0.3 is 0 Å². The minimum Gasteiger partial charge on any atom is -0.507 e. The number of amides is 1. The molecule has 0 aliphatic carbocycles. The van der Waals surface area contributed by atoms with Crippen LogP contribution in [-0.2, 0) is 9.59 Å². The molecule has 1 aliphatic heterocycles. The van der Waals surface area contributed by atoms with E-state index in [1.54, 1.807) is 48.5 Å². The Kier molecular flexibility index (Phi) is 4.72. The Bertz CT molecular complexity index is 1060. The van der Waals surface area contributed by atoms with Crippen molar-refractivity contribution >= 4 is 34.7 Å². The van der Waals surface area contributed by atoms with Crippen LogP contribution in [0.15, 0.2) is 90.5 Å². The van der Waals surface area contributed by atoms with E-state index in [0.29, 0.717) is 16.3 Å². The van der Waals surface area contributed by atoms with Crippen molar-refractivity contribution in [3.63, 3.8) is 0 Å². The first-order chi connectivity index (χ1) is 13.6. The molecule has 4 nitrogen and oxygen atoms in total. The van der Waals surface area contributed by atoms with Crippen molar-refractivity contribution < 1.29 is 14.7 Å². The molecule has 0 aromatic heterocycles. The number of halogens is 1. The van der Waals surface area contributed by atoms with Crippen LogP contribution in [0.1, 0.15) is 17.2 Å². The monoisotopic (exact) mass is 389 g/mol. The van der Waals surface area contributed by atoms with Crippen LogP contribution in [-0.4, -0.2) is 16.8 Å². The number of para-hydroxylation sites is 1. The highest BCUT2D eigenvalue weighted by Gasteiger charge is 2.46. The summed E-state index contributed by atoms with van der Waals surface area (Å²) in [4.78, 5) is 27.2. The van der Waals surface area contributed by atoms with E-state index in [0.717, 1.165) is 5.56 Å². The van der Waals surface area contributed by atoms with Crippen LogP contribution in [0.3, 0.4) is 0 Å². The molecular weight excluding hydrogens is 374 g/mol. The fourth-order valence-electron chi connectivity index (χ4n) is 3.40. The summed E-state index contributed by atoms with van der Waals surface area (Å²) in [6.07, 6.45) is 0. The van der Waals surface area contributed by atoms with Gasteiger partial charge in [-0.1, -0.05) is 60.1 Å². The summed E-state index contributed by atoms with van der Waals surface area (Å²) in [5.41, 5.74) is 1.81. The van der Waals surface area contributed by atoms with Gasteiger partial charge in [0.1, 0.15) is 5.76 Å². The normalized spacial score (nSPS) is 18.5. The zero-order valence-electron chi connectivity index (χ0n) is 14.7. The second kappa shape index (κ2) is 7.33. The maximum atomic E-state index is 12.9. The molecule has 138 valence electrons. The highest BCUT2D eigenvalue weighted by Crippen LogP contribution is 2.41. The van der Waals surface area contributed by atoms with Crippen molar-refractivity contribution in [1.82, 2.24) is 0 Å². The second-order valence-electron chi connectivity index (χ2n) is 6.42. The number of nitrogens with zero attached hydrogens (tertiary/aromatic N) is 1. The Morgan fingerprint density at radius 3 is 2.00 bits per heavy atom. The molecule has 1 heterocycles. The van der Waals surface area contributed by atoms with E-state index < -0.39 is 17.7 Å². The highest BCUT2D eigenvalue weighted by molar-refractivity contribution is 6.51. The Morgan fingerprint density at radius 1 is 0.821 bits per heavy atom. The maximum Gasteiger partial charge on any atom is 0.300 e. The van der Waals surface area contributed by atoms with Gasteiger partial charge in [-0.05, 0) is 42.0 Å². The zero-order valence-corrected chi connectivity index (χ0v) is 15.5. The number of Topliss-reactive ketones (excluding diaryl/α,β-unsaturated/α-hetero) is 1. The summed E-state index contributed by atoms with van der Waals surface area (Å²) in [7, 11) is 0. The van der Waals surface area contributed by atoms with Gasteiger partial charge in [0.25, 0.3) is 11.7 Å². The summed E-state index contributed by atoms with van der Waals surface area (Å²) in [6.45, 7) is 0. The minimum absolute atomic E-state index is 0.0578. The van der Waals surface area contributed by atoms with Crippen LogP contribution in [0.5, 0.6) is 0 Å². The molecule has 0 saturated carbocycles. The lowest BCUT2D eigenvalue weighted by atomic mass is 9.95. The number of aliphatic hydroxyl groups excluding tert-OH is 1. The molecule has 0 spiro atoms. The van der Waals surface area contributed by atoms with Crippen LogP contribution in [0, 0.1) is 0 Å². The van der Waals surface area contributed by atoms with Gasteiger partial charge in [-0.25, -0.2) is 0 Å². The van der Waals surface area contributed by atoms with Crippen LogP contribution < -0.4 is 4.90 Å². The number of ketones is 1. The third kappa shape index (κ3) is 3.08. The van der Waals surface area contributed by atoms with Crippen LogP contribution in [0.4, 0.5) is 5.69 Å².